The van der Waals surface area contributed by atoms with Gasteiger partial charge in [-0.1, -0.05) is 28.1 Å². The molecule has 7 heteroatoms. The van der Waals surface area contributed by atoms with Gasteiger partial charge in [-0.05, 0) is 42.1 Å². The van der Waals surface area contributed by atoms with Crippen molar-refractivity contribution in [2.75, 3.05) is 11.9 Å². The van der Waals surface area contributed by atoms with Crippen LogP contribution in [-0.2, 0) is 0 Å². The van der Waals surface area contributed by atoms with Gasteiger partial charge in [0.15, 0.2) is 0 Å². The predicted molar refractivity (Wildman–Crippen MR) is 93.9 cm³/mol. The summed E-state index contributed by atoms with van der Waals surface area (Å²) in [5, 5.41) is 10.6. The zero-order chi connectivity index (χ0) is 16.2. The Morgan fingerprint density at radius 2 is 2.13 bits per heavy atom. The lowest BCUT2D eigenvalue weighted by Crippen LogP contribution is -2.45. The fraction of sp³-hybridized carbons (Fsp3) is 0.125. The number of halogens is 1. The van der Waals surface area contributed by atoms with Crippen molar-refractivity contribution in [1.82, 2.24) is 0 Å². The Hall–Kier alpha value is -1.99. The Labute approximate surface area is 145 Å². The van der Waals surface area contributed by atoms with Crippen molar-refractivity contribution in [2.45, 2.75) is 9.95 Å². The first-order valence-electron chi connectivity index (χ1n) is 6.88. The largest absolute Gasteiger partial charge is 0.447 e. The van der Waals surface area contributed by atoms with Crippen LogP contribution in [0.3, 0.4) is 0 Å². The molecule has 0 saturated carbocycles. The van der Waals surface area contributed by atoms with Gasteiger partial charge < -0.3 is 9.64 Å². The van der Waals surface area contributed by atoms with Crippen LogP contribution in [0.4, 0.5) is 11.4 Å². The van der Waals surface area contributed by atoms with Gasteiger partial charge in [0.1, 0.15) is 0 Å². The van der Waals surface area contributed by atoms with E-state index < -0.39 is 9.98 Å². The molecule has 4 rings (SSSR count). The van der Waals surface area contributed by atoms with E-state index in [0.29, 0.717) is 15.8 Å². The highest BCUT2D eigenvalue weighted by Gasteiger charge is 2.46. The average molecular weight is 391 g/mol. The minimum atomic E-state index is -0.796. The highest BCUT2D eigenvalue weighted by atomic mass is 79.9. The second-order valence-corrected chi connectivity index (χ2v) is 7.44. The number of nitro groups is 1. The van der Waals surface area contributed by atoms with E-state index in [1.807, 2.05) is 54.4 Å². The van der Waals surface area contributed by atoms with Crippen LogP contribution in [0.5, 0.6) is 5.75 Å². The van der Waals surface area contributed by atoms with E-state index in [1.54, 1.807) is 0 Å². The minimum Gasteiger partial charge on any atom is -0.447 e. The van der Waals surface area contributed by atoms with Crippen molar-refractivity contribution in [3.8, 4) is 5.75 Å². The summed E-state index contributed by atoms with van der Waals surface area (Å²) in [6.07, 6.45) is 3.82. The Morgan fingerprint density at radius 1 is 1.35 bits per heavy atom. The van der Waals surface area contributed by atoms with Crippen molar-refractivity contribution in [3.63, 3.8) is 0 Å². The maximum absolute atomic E-state index is 11.4. The molecule has 2 aliphatic heterocycles. The molecule has 1 unspecified atom stereocenters. The number of ether oxygens (including phenoxy) is 1. The van der Waals surface area contributed by atoms with Crippen LogP contribution in [0.15, 0.2) is 51.8 Å². The van der Waals surface area contributed by atoms with Crippen LogP contribution in [-0.4, -0.2) is 17.0 Å². The van der Waals surface area contributed by atoms with Crippen molar-refractivity contribution >= 4 is 45.1 Å². The number of likely N-dealkylation sites (N-methyl/N-ethyl adjacent to an activating group) is 1. The molecular formula is C16H11BrN2O3S. The summed E-state index contributed by atoms with van der Waals surface area (Å²) in [4.78, 5) is 14.1. The molecule has 0 aromatic heterocycles. The monoisotopic (exact) mass is 390 g/mol. The van der Waals surface area contributed by atoms with Crippen LogP contribution >= 0.6 is 27.7 Å². The number of anilines is 1. The smallest absolute Gasteiger partial charge is 0.312 e. The van der Waals surface area contributed by atoms with E-state index in [2.05, 4.69) is 15.9 Å². The zero-order valence-electron chi connectivity index (χ0n) is 12.0. The Kier molecular flexibility index (Phi) is 3.18. The molecule has 2 aromatic carbocycles. The molecule has 0 N–H and O–H groups in total. The van der Waals surface area contributed by atoms with Gasteiger partial charge in [0, 0.05) is 28.0 Å². The van der Waals surface area contributed by atoms with Crippen LogP contribution in [0.1, 0.15) is 5.56 Å². The highest BCUT2D eigenvalue weighted by Crippen LogP contribution is 2.54. The van der Waals surface area contributed by atoms with Gasteiger partial charge in [-0.2, -0.15) is 0 Å². The molecule has 2 aliphatic rings. The molecule has 0 bridgehead atoms. The van der Waals surface area contributed by atoms with Gasteiger partial charge in [-0.3, -0.25) is 10.1 Å². The predicted octanol–water partition coefficient (Wildman–Crippen LogP) is 4.66. The maximum Gasteiger partial charge on any atom is 0.312 e. The number of rotatable bonds is 1. The van der Waals surface area contributed by atoms with Gasteiger partial charge in [0.05, 0.1) is 10.6 Å². The molecule has 0 radical (unpaired) electrons. The number of nitrogens with zero attached hydrogens (tertiary/aromatic N) is 2. The number of nitro benzene ring substituents is 1. The number of hydrogen-bond donors (Lipinski definition) is 0. The molecule has 0 aliphatic carbocycles. The highest BCUT2D eigenvalue weighted by molar-refractivity contribution is 9.10. The van der Waals surface area contributed by atoms with Gasteiger partial charge in [0.2, 0.25) is 5.75 Å². The molecule has 1 atom stereocenters. The second kappa shape index (κ2) is 5.01. The Balaban J connectivity index is 1.83. The second-order valence-electron chi connectivity index (χ2n) is 5.30. The number of para-hydroxylation sites is 1. The average Bonchev–Trinajstić information content (AvgIpc) is 2.80. The van der Waals surface area contributed by atoms with Crippen molar-refractivity contribution in [2.24, 2.45) is 0 Å². The lowest BCUT2D eigenvalue weighted by atomic mass is 10.1. The van der Waals surface area contributed by atoms with Crippen LogP contribution in [0.2, 0.25) is 0 Å². The molecule has 5 nitrogen and oxygen atoms in total. The van der Waals surface area contributed by atoms with Gasteiger partial charge in [0.25, 0.3) is 5.06 Å². The van der Waals surface area contributed by atoms with Crippen molar-refractivity contribution < 1.29 is 9.66 Å². The third kappa shape index (κ3) is 2.14. The third-order valence-corrected chi connectivity index (χ3v) is 5.74. The summed E-state index contributed by atoms with van der Waals surface area (Å²) >= 11 is 4.85. The lowest BCUT2D eigenvalue weighted by Gasteiger charge is -2.36. The van der Waals surface area contributed by atoms with E-state index in [1.165, 1.54) is 17.8 Å². The molecule has 0 amide bonds. The molecule has 2 heterocycles. The topological polar surface area (TPSA) is 55.6 Å². The molecule has 116 valence electrons. The number of hydrogen-bond acceptors (Lipinski definition) is 5. The fourth-order valence-electron chi connectivity index (χ4n) is 2.80. The summed E-state index contributed by atoms with van der Waals surface area (Å²) in [6.45, 7) is 0. The standard InChI is InChI=1S/C16H11BrN2O3S/c1-18-12-4-2-3-5-14(12)23-16(18)7-6-10-8-11(17)9-13(19(20)21)15(10)22-16/h2-9H,1H3. The molecule has 0 fully saturated rings. The van der Waals surface area contributed by atoms with E-state index in [0.717, 1.165) is 10.6 Å². The third-order valence-electron chi connectivity index (χ3n) is 3.93. The van der Waals surface area contributed by atoms with Crippen LogP contribution in [0.25, 0.3) is 6.08 Å². The summed E-state index contributed by atoms with van der Waals surface area (Å²) in [5.74, 6) is 0.299. The summed E-state index contributed by atoms with van der Waals surface area (Å²) < 4.78 is 6.82. The summed E-state index contributed by atoms with van der Waals surface area (Å²) in [5.41, 5.74) is 1.70. The van der Waals surface area contributed by atoms with E-state index >= 15 is 0 Å². The molecule has 2 aromatic rings. The maximum atomic E-state index is 11.4. The van der Waals surface area contributed by atoms with Crippen molar-refractivity contribution in [1.29, 1.82) is 0 Å². The van der Waals surface area contributed by atoms with Gasteiger partial charge >= 0.3 is 5.69 Å². The van der Waals surface area contributed by atoms with E-state index in [4.69, 9.17) is 4.74 Å². The summed E-state index contributed by atoms with van der Waals surface area (Å²) in [7, 11) is 1.93. The quantitative estimate of drug-likeness (QED) is 0.523. The van der Waals surface area contributed by atoms with Crippen LogP contribution in [0, 0.1) is 10.1 Å². The molecule has 0 saturated heterocycles. The van der Waals surface area contributed by atoms with Crippen LogP contribution < -0.4 is 9.64 Å². The molecule has 1 spiro atoms. The van der Waals surface area contributed by atoms with Gasteiger partial charge in [-0.25, -0.2) is 0 Å². The molecule has 23 heavy (non-hydrogen) atoms. The fourth-order valence-corrected chi connectivity index (χ4v) is 4.53. The first-order valence-corrected chi connectivity index (χ1v) is 8.49. The van der Waals surface area contributed by atoms with Crippen molar-refractivity contribution in [3.05, 3.63) is 62.6 Å². The van der Waals surface area contributed by atoms with Gasteiger partial charge in [-0.15, -0.1) is 0 Å². The first-order chi connectivity index (χ1) is 11.0. The lowest BCUT2D eigenvalue weighted by molar-refractivity contribution is -0.386. The summed E-state index contributed by atoms with van der Waals surface area (Å²) in [6, 6.07) is 11.3. The Bertz CT molecular complexity index is 870. The molecular weight excluding hydrogens is 380 g/mol. The number of fused-ring (bicyclic) bond motifs is 2. The Morgan fingerprint density at radius 3 is 2.87 bits per heavy atom. The van der Waals surface area contributed by atoms with E-state index in [9.17, 15) is 10.1 Å². The SMILES string of the molecule is CN1c2ccccc2SC12C=Cc1cc(Br)cc([N+](=O)[O-])c1O2. The normalized spacial score (nSPS) is 21.0. The zero-order valence-corrected chi connectivity index (χ0v) is 14.4. The number of benzene rings is 2. The minimum absolute atomic E-state index is 0.0388. The van der Waals surface area contributed by atoms with E-state index in [-0.39, 0.29) is 5.69 Å². The first kappa shape index (κ1) is 14.6. The number of thioether (sulfide) groups is 1.